The number of ether oxygens (including phenoxy) is 1. The van der Waals surface area contributed by atoms with E-state index in [2.05, 4.69) is 0 Å². The van der Waals surface area contributed by atoms with Gasteiger partial charge >= 0.3 is 5.97 Å². The summed E-state index contributed by atoms with van der Waals surface area (Å²) in [6.07, 6.45) is 1.49. The van der Waals surface area contributed by atoms with Crippen molar-refractivity contribution in [3.63, 3.8) is 0 Å². The molecule has 2 aromatic heterocycles. The topological polar surface area (TPSA) is 55.8 Å². The molecule has 0 amide bonds. The number of esters is 1. The molecule has 0 radical (unpaired) electrons. The van der Waals surface area contributed by atoms with Gasteiger partial charge in [0.05, 0.1) is 26.5 Å². The predicted molar refractivity (Wildman–Crippen MR) is 68.7 cm³/mol. The van der Waals surface area contributed by atoms with Gasteiger partial charge in [-0.15, -0.1) is 0 Å². The molecule has 0 spiro atoms. The third-order valence-corrected chi connectivity index (χ3v) is 2.79. The van der Waals surface area contributed by atoms with Crippen LogP contribution in [0.3, 0.4) is 0 Å². The van der Waals surface area contributed by atoms with E-state index >= 15 is 0 Å². The summed E-state index contributed by atoms with van der Waals surface area (Å²) in [5.41, 5.74) is 0.463. The predicted octanol–water partition coefficient (Wildman–Crippen LogP) is 2.60. The highest BCUT2D eigenvalue weighted by molar-refractivity contribution is 5.90. The van der Waals surface area contributed by atoms with Gasteiger partial charge in [0, 0.05) is 0 Å². The normalized spacial score (nSPS) is 10.9. The Balaban J connectivity index is 2.01. The van der Waals surface area contributed by atoms with Crippen molar-refractivity contribution in [1.29, 1.82) is 0 Å². The standard InChI is InChI=1S/C14H17NO4/c1-10-4-5-11(19-10)8-15(2)9-13-12(6-7-18-13)14(16)17-3/h4-7H,8-9H2,1-3H3. The molecule has 0 unspecified atom stereocenters. The molecule has 0 aliphatic rings. The summed E-state index contributed by atoms with van der Waals surface area (Å²) in [5, 5.41) is 0. The highest BCUT2D eigenvalue weighted by Crippen LogP contribution is 2.16. The minimum absolute atomic E-state index is 0.383. The molecule has 0 saturated carbocycles. The van der Waals surface area contributed by atoms with E-state index in [1.54, 1.807) is 6.07 Å². The van der Waals surface area contributed by atoms with E-state index in [9.17, 15) is 4.79 Å². The summed E-state index contributed by atoms with van der Waals surface area (Å²) in [6.45, 7) is 3.07. The minimum atomic E-state index is -0.383. The van der Waals surface area contributed by atoms with Gasteiger partial charge in [0.1, 0.15) is 22.8 Å². The summed E-state index contributed by atoms with van der Waals surface area (Å²) in [5.74, 6) is 1.98. The van der Waals surface area contributed by atoms with Gasteiger partial charge in [-0.25, -0.2) is 4.79 Å². The molecule has 0 bridgehead atoms. The Kier molecular flexibility index (Phi) is 4.06. The molecule has 5 heteroatoms. The molecule has 0 aromatic carbocycles. The average molecular weight is 263 g/mol. The molecule has 0 aliphatic carbocycles. The van der Waals surface area contributed by atoms with E-state index in [1.165, 1.54) is 13.4 Å². The largest absolute Gasteiger partial charge is 0.467 e. The quantitative estimate of drug-likeness (QED) is 0.776. The van der Waals surface area contributed by atoms with E-state index in [1.807, 2.05) is 31.0 Å². The maximum absolute atomic E-state index is 11.5. The molecule has 102 valence electrons. The fourth-order valence-corrected chi connectivity index (χ4v) is 1.89. The second kappa shape index (κ2) is 5.75. The lowest BCUT2D eigenvalue weighted by Crippen LogP contribution is -2.18. The van der Waals surface area contributed by atoms with E-state index in [4.69, 9.17) is 13.6 Å². The number of methoxy groups -OCH3 is 1. The Hall–Kier alpha value is -2.01. The number of rotatable bonds is 5. The van der Waals surface area contributed by atoms with Crippen LogP contribution in [-0.4, -0.2) is 25.0 Å². The maximum Gasteiger partial charge on any atom is 0.341 e. The van der Waals surface area contributed by atoms with Crippen molar-refractivity contribution in [3.05, 3.63) is 47.3 Å². The zero-order valence-corrected chi connectivity index (χ0v) is 11.3. The maximum atomic E-state index is 11.5. The van der Waals surface area contributed by atoms with Gasteiger partial charge in [-0.3, -0.25) is 4.90 Å². The van der Waals surface area contributed by atoms with Crippen molar-refractivity contribution in [2.45, 2.75) is 20.0 Å². The first-order valence-electron chi connectivity index (χ1n) is 5.98. The Morgan fingerprint density at radius 3 is 2.74 bits per heavy atom. The van der Waals surface area contributed by atoms with E-state index in [-0.39, 0.29) is 5.97 Å². The highest BCUT2D eigenvalue weighted by atomic mass is 16.5. The fourth-order valence-electron chi connectivity index (χ4n) is 1.89. The lowest BCUT2D eigenvalue weighted by atomic mass is 10.2. The molecule has 2 heterocycles. The summed E-state index contributed by atoms with van der Waals surface area (Å²) in [4.78, 5) is 13.5. The van der Waals surface area contributed by atoms with E-state index < -0.39 is 0 Å². The third-order valence-electron chi connectivity index (χ3n) is 2.79. The molecule has 0 atom stereocenters. The molecule has 0 saturated heterocycles. The minimum Gasteiger partial charge on any atom is -0.467 e. The van der Waals surface area contributed by atoms with E-state index in [0.717, 1.165) is 11.5 Å². The molecule has 2 aromatic rings. The lowest BCUT2D eigenvalue weighted by Gasteiger charge is -2.14. The van der Waals surface area contributed by atoms with Crippen LogP contribution in [0.4, 0.5) is 0 Å². The van der Waals surface area contributed by atoms with E-state index in [0.29, 0.717) is 24.4 Å². The van der Waals surface area contributed by atoms with Gasteiger partial charge in [0.2, 0.25) is 0 Å². The summed E-state index contributed by atoms with van der Waals surface area (Å²) >= 11 is 0. The smallest absolute Gasteiger partial charge is 0.341 e. The van der Waals surface area contributed by atoms with Gasteiger partial charge in [-0.05, 0) is 32.2 Å². The first kappa shape index (κ1) is 13.4. The second-order valence-corrected chi connectivity index (χ2v) is 4.43. The first-order chi connectivity index (χ1) is 9.10. The van der Waals surface area contributed by atoms with Crippen LogP contribution in [0.1, 0.15) is 27.6 Å². The van der Waals surface area contributed by atoms with Crippen LogP contribution >= 0.6 is 0 Å². The van der Waals surface area contributed by atoms with Crippen molar-refractivity contribution >= 4 is 5.97 Å². The van der Waals surface area contributed by atoms with Gasteiger partial charge in [-0.2, -0.15) is 0 Å². The number of carbonyl (C=O) groups is 1. The van der Waals surface area contributed by atoms with Crippen LogP contribution in [0.15, 0.2) is 33.3 Å². The number of carbonyl (C=O) groups excluding carboxylic acids is 1. The summed E-state index contributed by atoms with van der Waals surface area (Å²) < 4.78 is 15.5. The zero-order valence-electron chi connectivity index (χ0n) is 11.3. The molecule has 0 aliphatic heterocycles. The van der Waals surface area contributed by atoms with Crippen LogP contribution in [0.5, 0.6) is 0 Å². The third kappa shape index (κ3) is 3.26. The highest BCUT2D eigenvalue weighted by Gasteiger charge is 2.16. The van der Waals surface area contributed by atoms with Crippen molar-refractivity contribution < 1.29 is 18.4 Å². The molecule has 19 heavy (non-hydrogen) atoms. The van der Waals surface area contributed by atoms with Crippen molar-refractivity contribution in [2.24, 2.45) is 0 Å². The first-order valence-corrected chi connectivity index (χ1v) is 5.98. The molecule has 5 nitrogen and oxygen atoms in total. The summed E-state index contributed by atoms with van der Waals surface area (Å²) in [6, 6.07) is 5.48. The molecular formula is C14H17NO4. The number of hydrogen-bond acceptors (Lipinski definition) is 5. The van der Waals surface area contributed by atoms with Crippen LogP contribution < -0.4 is 0 Å². The van der Waals surface area contributed by atoms with Gasteiger partial charge < -0.3 is 13.6 Å². The number of aryl methyl sites for hydroxylation is 1. The van der Waals surface area contributed by atoms with Crippen LogP contribution in [0.2, 0.25) is 0 Å². The SMILES string of the molecule is COC(=O)c1ccoc1CN(C)Cc1ccc(C)o1. The molecule has 0 N–H and O–H groups in total. The van der Waals surface area contributed by atoms with Crippen LogP contribution in [0.25, 0.3) is 0 Å². The number of nitrogens with zero attached hydrogens (tertiary/aromatic N) is 1. The van der Waals surface area contributed by atoms with Gasteiger partial charge in [-0.1, -0.05) is 0 Å². The van der Waals surface area contributed by atoms with Crippen molar-refractivity contribution in [2.75, 3.05) is 14.2 Å². The lowest BCUT2D eigenvalue weighted by molar-refractivity contribution is 0.0596. The number of furan rings is 2. The number of hydrogen-bond donors (Lipinski definition) is 0. The van der Waals surface area contributed by atoms with Crippen LogP contribution in [0, 0.1) is 6.92 Å². The molecule has 2 rings (SSSR count). The Labute approximate surface area is 111 Å². The van der Waals surface area contributed by atoms with Gasteiger partial charge in [0.15, 0.2) is 0 Å². The van der Waals surface area contributed by atoms with Crippen LogP contribution in [-0.2, 0) is 17.8 Å². The molecular weight excluding hydrogens is 246 g/mol. The van der Waals surface area contributed by atoms with Crippen molar-refractivity contribution in [3.8, 4) is 0 Å². The molecule has 0 fully saturated rings. The Morgan fingerprint density at radius 1 is 1.32 bits per heavy atom. The Morgan fingerprint density at radius 2 is 2.11 bits per heavy atom. The second-order valence-electron chi connectivity index (χ2n) is 4.43. The fraction of sp³-hybridized carbons (Fsp3) is 0.357. The van der Waals surface area contributed by atoms with Gasteiger partial charge in [0.25, 0.3) is 0 Å². The average Bonchev–Trinajstić information content (AvgIpc) is 2.97. The monoisotopic (exact) mass is 263 g/mol. The van der Waals surface area contributed by atoms with Crippen molar-refractivity contribution in [1.82, 2.24) is 4.90 Å². The zero-order chi connectivity index (χ0) is 13.8. The Bertz CT molecular complexity index is 555. The summed E-state index contributed by atoms with van der Waals surface area (Å²) in [7, 11) is 3.29.